The number of rotatable bonds is 6. The van der Waals surface area contributed by atoms with Crippen LogP contribution in [0.2, 0.25) is 0 Å². The number of aromatic nitrogens is 2. The highest BCUT2D eigenvalue weighted by atomic mass is 16.3. The van der Waals surface area contributed by atoms with E-state index in [0.717, 1.165) is 25.1 Å². The maximum absolute atomic E-state index is 9.25. The largest absolute Gasteiger partial charge is 0.508 e. The highest BCUT2D eigenvalue weighted by molar-refractivity contribution is 5.25. The Kier molecular flexibility index (Phi) is 4.79. The van der Waals surface area contributed by atoms with E-state index >= 15 is 0 Å². The van der Waals surface area contributed by atoms with E-state index in [-0.39, 0.29) is 0 Å². The molecule has 0 aliphatic heterocycles. The standard InChI is InChI=1S/C16H23N3O/c1-12(4-5-14-6-8-16(20)9-7-14)17-10-15-11-19(3)18-13(15)2/h6-9,11-12,17,20H,4-5,10H2,1-3H3. The van der Waals surface area contributed by atoms with Crippen LogP contribution in [0.4, 0.5) is 0 Å². The molecule has 1 aromatic heterocycles. The quantitative estimate of drug-likeness (QED) is 0.850. The van der Waals surface area contributed by atoms with E-state index in [1.165, 1.54) is 11.1 Å². The summed E-state index contributed by atoms with van der Waals surface area (Å²) in [7, 11) is 1.95. The van der Waals surface area contributed by atoms with Crippen LogP contribution in [0.15, 0.2) is 30.5 Å². The van der Waals surface area contributed by atoms with Crippen molar-refractivity contribution in [3.8, 4) is 5.75 Å². The Balaban J connectivity index is 1.76. The molecule has 0 aliphatic rings. The van der Waals surface area contributed by atoms with Crippen molar-refractivity contribution in [1.29, 1.82) is 0 Å². The monoisotopic (exact) mass is 273 g/mol. The minimum atomic E-state index is 0.326. The van der Waals surface area contributed by atoms with Crippen LogP contribution in [0, 0.1) is 6.92 Å². The van der Waals surface area contributed by atoms with Crippen LogP contribution in [0.1, 0.15) is 30.2 Å². The highest BCUT2D eigenvalue weighted by Gasteiger charge is 2.06. The molecule has 20 heavy (non-hydrogen) atoms. The number of hydrogen-bond donors (Lipinski definition) is 2. The summed E-state index contributed by atoms with van der Waals surface area (Å²) in [6.45, 7) is 5.10. The molecule has 1 atom stereocenters. The summed E-state index contributed by atoms with van der Waals surface area (Å²) in [5.41, 5.74) is 3.60. The predicted octanol–water partition coefficient (Wildman–Crippen LogP) is 2.55. The van der Waals surface area contributed by atoms with E-state index in [9.17, 15) is 5.11 Å². The molecule has 1 unspecified atom stereocenters. The zero-order valence-electron chi connectivity index (χ0n) is 12.4. The second-order valence-electron chi connectivity index (χ2n) is 5.40. The predicted molar refractivity (Wildman–Crippen MR) is 80.7 cm³/mol. The number of aryl methyl sites for hydroxylation is 3. The molecule has 0 bridgehead atoms. The number of nitrogens with one attached hydrogen (secondary N) is 1. The minimum absolute atomic E-state index is 0.326. The molecule has 4 heteroatoms. The van der Waals surface area contributed by atoms with Gasteiger partial charge in [-0.3, -0.25) is 4.68 Å². The Morgan fingerprint density at radius 3 is 2.60 bits per heavy atom. The maximum atomic E-state index is 9.25. The van der Waals surface area contributed by atoms with Crippen LogP contribution >= 0.6 is 0 Å². The van der Waals surface area contributed by atoms with Crippen LogP contribution in [-0.2, 0) is 20.0 Å². The van der Waals surface area contributed by atoms with Crippen molar-refractivity contribution in [2.24, 2.45) is 7.05 Å². The lowest BCUT2D eigenvalue weighted by molar-refractivity contribution is 0.474. The van der Waals surface area contributed by atoms with Crippen LogP contribution in [0.5, 0.6) is 5.75 Å². The fourth-order valence-electron chi connectivity index (χ4n) is 2.25. The van der Waals surface area contributed by atoms with Gasteiger partial charge < -0.3 is 10.4 Å². The molecule has 1 aromatic carbocycles. The number of phenolic OH excluding ortho intramolecular Hbond substituents is 1. The first-order valence-electron chi connectivity index (χ1n) is 7.05. The molecule has 0 spiro atoms. The van der Waals surface area contributed by atoms with Crippen LogP contribution < -0.4 is 5.32 Å². The molecule has 0 saturated heterocycles. The van der Waals surface area contributed by atoms with E-state index in [1.54, 1.807) is 12.1 Å². The van der Waals surface area contributed by atoms with Gasteiger partial charge in [-0.05, 0) is 44.4 Å². The highest BCUT2D eigenvalue weighted by Crippen LogP contribution is 2.12. The average Bonchev–Trinajstić information content (AvgIpc) is 2.74. The summed E-state index contributed by atoms with van der Waals surface area (Å²) in [4.78, 5) is 0. The first-order valence-corrected chi connectivity index (χ1v) is 7.05. The van der Waals surface area contributed by atoms with Gasteiger partial charge in [0.25, 0.3) is 0 Å². The Labute approximate surface area is 120 Å². The van der Waals surface area contributed by atoms with E-state index in [2.05, 4.69) is 23.5 Å². The molecule has 0 amide bonds. The summed E-state index contributed by atoms with van der Waals surface area (Å²) < 4.78 is 1.85. The van der Waals surface area contributed by atoms with Crippen LogP contribution in [0.25, 0.3) is 0 Å². The molecular formula is C16H23N3O. The maximum Gasteiger partial charge on any atom is 0.115 e. The van der Waals surface area contributed by atoms with Gasteiger partial charge in [0.2, 0.25) is 0 Å². The molecule has 2 rings (SSSR count). The van der Waals surface area contributed by atoms with Gasteiger partial charge in [0, 0.05) is 31.4 Å². The van der Waals surface area contributed by atoms with Gasteiger partial charge >= 0.3 is 0 Å². The van der Waals surface area contributed by atoms with Crippen molar-refractivity contribution in [3.05, 3.63) is 47.3 Å². The smallest absolute Gasteiger partial charge is 0.115 e. The fourth-order valence-corrected chi connectivity index (χ4v) is 2.25. The summed E-state index contributed by atoms with van der Waals surface area (Å²) in [5, 5.41) is 17.1. The van der Waals surface area contributed by atoms with E-state index in [4.69, 9.17) is 0 Å². The molecule has 0 saturated carbocycles. The van der Waals surface area contributed by atoms with Crippen molar-refractivity contribution < 1.29 is 5.11 Å². The Hall–Kier alpha value is -1.81. The number of nitrogens with zero attached hydrogens (tertiary/aromatic N) is 2. The van der Waals surface area contributed by atoms with Gasteiger partial charge in [0.05, 0.1) is 5.69 Å². The molecule has 0 aliphatic carbocycles. The summed E-state index contributed by atoms with van der Waals surface area (Å²) in [6.07, 6.45) is 4.15. The van der Waals surface area contributed by atoms with Gasteiger partial charge in [-0.1, -0.05) is 12.1 Å². The third kappa shape index (κ3) is 4.10. The zero-order valence-corrected chi connectivity index (χ0v) is 12.4. The van der Waals surface area contributed by atoms with Gasteiger partial charge in [0.1, 0.15) is 5.75 Å². The Morgan fingerprint density at radius 1 is 1.30 bits per heavy atom. The number of benzene rings is 1. The van der Waals surface area contributed by atoms with Crippen molar-refractivity contribution in [3.63, 3.8) is 0 Å². The second-order valence-corrected chi connectivity index (χ2v) is 5.40. The number of phenols is 1. The van der Waals surface area contributed by atoms with E-state index in [0.29, 0.717) is 11.8 Å². The summed E-state index contributed by atoms with van der Waals surface area (Å²) >= 11 is 0. The first kappa shape index (κ1) is 14.6. The molecule has 108 valence electrons. The van der Waals surface area contributed by atoms with E-state index in [1.807, 2.05) is 30.8 Å². The lowest BCUT2D eigenvalue weighted by Gasteiger charge is -2.13. The third-order valence-corrected chi connectivity index (χ3v) is 3.56. The van der Waals surface area contributed by atoms with Gasteiger partial charge in [0.15, 0.2) is 0 Å². The van der Waals surface area contributed by atoms with Crippen LogP contribution in [-0.4, -0.2) is 20.9 Å². The second kappa shape index (κ2) is 6.57. The molecule has 1 heterocycles. The third-order valence-electron chi connectivity index (χ3n) is 3.56. The zero-order chi connectivity index (χ0) is 14.5. The number of aromatic hydroxyl groups is 1. The minimum Gasteiger partial charge on any atom is -0.508 e. The first-order chi connectivity index (χ1) is 9.54. The SMILES string of the molecule is Cc1nn(C)cc1CNC(C)CCc1ccc(O)cc1. The lowest BCUT2D eigenvalue weighted by Crippen LogP contribution is -2.26. The van der Waals surface area contributed by atoms with Gasteiger partial charge in [-0.15, -0.1) is 0 Å². The van der Waals surface area contributed by atoms with E-state index < -0.39 is 0 Å². The average molecular weight is 273 g/mol. The van der Waals surface area contributed by atoms with Gasteiger partial charge in [-0.2, -0.15) is 5.10 Å². The number of hydrogen-bond acceptors (Lipinski definition) is 3. The molecule has 0 radical (unpaired) electrons. The van der Waals surface area contributed by atoms with Crippen molar-refractivity contribution >= 4 is 0 Å². The molecule has 4 nitrogen and oxygen atoms in total. The normalized spacial score (nSPS) is 12.6. The Bertz CT molecular complexity index is 545. The van der Waals surface area contributed by atoms with Crippen molar-refractivity contribution in [2.45, 2.75) is 39.3 Å². The topological polar surface area (TPSA) is 50.1 Å². The fraction of sp³-hybridized carbons (Fsp3) is 0.438. The molecule has 0 fully saturated rings. The summed E-state index contributed by atoms with van der Waals surface area (Å²) in [5.74, 6) is 0.326. The Morgan fingerprint density at radius 2 is 2.00 bits per heavy atom. The molecule has 2 aromatic rings. The van der Waals surface area contributed by atoms with Crippen molar-refractivity contribution in [1.82, 2.24) is 15.1 Å². The van der Waals surface area contributed by atoms with Crippen LogP contribution in [0.3, 0.4) is 0 Å². The summed E-state index contributed by atoms with van der Waals surface area (Å²) in [6, 6.07) is 7.89. The lowest BCUT2D eigenvalue weighted by atomic mass is 10.1. The van der Waals surface area contributed by atoms with Gasteiger partial charge in [-0.25, -0.2) is 0 Å². The van der Waals surface area contributed by atoms with Crippen molar-refractivity contribution in [2.75, 3.05) is 0 Å². The molecule has 2 N–H and O–H groups in total. The molecular weight excluding hydrogens is 250 g/mol.